The summed E-state index contributed by atoms with van der Waals surface area (Å²) >= 11 is 0. The van der Waals surface area contributed by atoms with Crippen LogP contribution in [0.15, 0.2) is 18.5 Å². The molecule has 2 aromatic heterocycles. The molecular formula is C15H23N5O. The molecule has 0 bridgehead atoms. The van der Waals surface area contributed by atoms with E-state index in [1.54, 1.807) is 6.33 Å². The summed E-state index contributed by atoms with van der Waals surface area (Å²) in [5.74, 6) is 1.56. The molecule has 0 spiro atoms. The molecule has 0 aliphatic heterocycles. The zero-order chi connectivity index (χ0) is 15.5. The molecule has 6 heteroatoms. The van der Waals surface area contributed by atoms with Crippen LogP contribution in [-0.4, -0.2) is 25.3 Å². The van der Waals surface area contributed by atoms with Gasteiger partial charge in [0.2, 0.25) is 0 Å². The molecule has 0 atom stereocenters. The largest absolute Gasteiger partial charge is 0.484 e. The van der Waals surface area contributed by atoms with Crippen molar-refractivity contribution in [3.8, 4) is 5.75 Å². The van der Waals surface area contributed by atoms with Crippen LogP contribution >= 0.6 is 0 Å². The number of nitrogens with zero attached hydrogens (tertiary/aromatic N) is 4. The zero-order valence-electron chi connectivity index (χ0n) is 13.3. The lowest BCUT2D eigenvalue weighted by atomic mass is 10.1. The van der Waals surface area contributed by atoms with Gasteiger partial charge in [0.1, 0.15) is 18.7 Å². The van der Waals surface area contributed by atoms with Gasteiger partial charge >= 0.3 is 0 Å². The number of rotatable bonds is 5. The topological polar surface area (TPSA) is 64.9 Å². The van der Waals surface area contributed by atoms with Crippen LogP contribution in [0, 0.1) is 6.92 Å². The van der Waals surface area contributed by atoms with Crippen molar-refractivity contribution < 1.29 is 4.74 Å². The SMILES string of the molecule is Cc1ccc(OCc2nncn2C)c(CNC(C)(C)C)n1. The summed E-state index contributed by atoms with van der Waals surface area (Å²) in [6.45, 7) is 9.41. The summed E-state index contributed by atoms with van der Waals surface area (Å²) in [6.07, 6.45) is 1.66. The maximum absolute atomic E-state index is 5.86. The van der Waals surface area contributed by atoms with Gasteiger partial charge in [-0.25, -0.2) is 0 Å². The minimum absolute atomic E-state index is 0.0340. The molecule has 0 aliphatic rings. The van der Waals surface area contributed by atoms with Gasteiger partial charge in [-0.15, -0.1) is 10.2 Å². The van der Waals surface area contributed by atoms with Crippen LogP contribution in [0.3, 0.4) is 0 Å². The van der Waals surface area contributed by atoms with Crippen molar-refractivity contribution in [2.24, 2.45) is 7.05 Å². The van der Waals surface area contributed by atoms with Crippen LogP contribution < -0.4 is 10.1 Å². The van der Waals surface area contributed by atoms with E-state index in [0.717, 1.165) is 23.0 Å². The number of aryl methyl sites for hydroxylation is 2. The van der Waals surface area contributed by atoms with E-state index in [2.05, 4.69) is 41.3 Å². The Morgan fingerprint density at radius 3 is 2.67 bits per heavy atom. The van der Waals surface area contributed by atoms with Crippen LogP contribution in [0.1, 0.15) is 38.0 Å². The molecule has 0 fully saturated rings. The third-order valence-electron chi connectivity index (χ3n) is 3.02. The molecule has 2 aromatic rings. The summed E-state index contributed by atoms with van der Waals surface area (Å²) in [5, 5.41) is 11.3. The molecule has 6 nitrogen and oxygen atoms in total. The van der Waals surface area contributed by atoms with E-state index in [1.165, 1.54) is 0 Å². The number of hydrogen-bond acceptors (Lipinski definition) is 5. The second kappa shape index (κ2) is 6.22. The number of aromatic nitrogens is 4. The monoisotopic (exact) mass is 289 g/mol. The highest BCUT2D eigenvalue weighted by Crippen LogP contribution is 2.19. The Bertz CT molecular complexity index is 600. The first-order valence-electron chi connectivity index (χ1n) is 7.02. The van der Waals surface area contributed by atoms with E-state index in [9.17, 15) is 0 Å². The predicted molar refractivity (Wildman–Crippen MR) is 80.9 cm³/mol. The number of ether oxygens (including phenoxy) is 1. The van der Waals surface area contributed by atoms with Crippen LogP contribution in [0.2, 0.25) is 0 Å². The van der Waals surface area contributed by atoms with Gasteiger partial charge < -0.3 is 14.6 Å². The molecule has 0 amide bonds. The van der Waals surface area contributed by atoms with E-state index in [4.69, 9.17) is 4.74 Å². The first kappa shape index (κ1) is 15.4. The lowest BCUT2D eigenvalue weighted by molar-refractivity contribution is 0.284. The van der Waals surface area contributed by atoms with Gasteiger partial charge in [0.05, 0.1) is 5.69 Å². The summed E-state index contributed by atoms with van der Waals surface area (Å²) < 4.78 is 7.70. The average molecular weight is 289 g/mol. The average Bonchev–Trinajstić information content (AvgIpc) is 2.80. The van der Waals surface area contributed by atoms with Crippen LogP contribution in [0.25, 0.3) is 0 Å². The molecule has 0 radical (unpaired) electrons. The maximum Gasteiger partial charge on any atom is 0.170 e. The second-order valence-corrected chi connectivity index (χ2v) is 6.15. The van der Waals surface area contributed by atoms with Crippen molar-refractivity contribution in [1.29, 1.82) is 0 Å². The minimum Gasteiger partial charge on any atom is -0.484 e. The van der Waals surface area contributed by atoms with Gasteiger partial charge in [0.15, 0.2) is 5.82 Å². The highest BCUT2D eigenvalue weighted by Gasteiger charge is 2.13. The molecule has 1 N–H and O–H groups in total. The van der Waals surface area contributed by atoms with Gasteiger partial charge in [-0.05, 0) is 39.8 Å². The highest BCUT2D eigenvalue weighted by atomic mass is 16.5. The number of pyridine rings is 1. The summed E-state index contributed by atoms with van der Waals surface area (Å²) in [6, 6.07) is 3.91. The van der Waals surface area contributed by atoms with E-state index in [-0.39, 0.29) is 5.54 Å². The Hall–Kier alpha value is -1.95. The maximum atomic E-state index is 5.86. The fraction of sp³-hybridized carbons (Fsp3) is 0.533. The van der Waals surface area contributed by atoms with Crippen LogP contribution in [0.5, 0.6) is 5.75 Å². The van der Waals surface area contributed by atoms with Gasteiger partial charge in [-0.3, -0.25) is 4.98 Å². The second-order valence-electron chi connectivity index (χ2n) is 6.15. The first-order chi connectivity index (χ1) is 9.85. The number of hydrogen-bond donors (Lipinski definition) is 1. The Morgan fingerprint density at radius 1 is 1.29 bits per heavy atom. The molecule has 21 heavy (non-hydrogen) atoms. The van der Waals surface area contributed by atoms with Gasteiger partial charge in [-0.2, -0.15) is 0 Å². The van der Waals surface area contributed by atoms with Crippen molar-refractivity contribution in [3.63, 3.8) is 0 Å². The quantitative estimate of drug-likeness (QED) is 0.912. The molecule has 0 saturated heterocycles. The number of nitrogens with one attached hydrogen (secondary N) is 1. The van der Waals surface area contributed by atoms with E-state index >= 15 is 0 Å². The summed E-state index contributed by atoms with van der Waals surface area (Å²) in [4.78, 5) is 4.57. The van der Waals surface area contributed by atoms with E-state index < -0.39 is 0 Å². The lowest BCUT2D eigenvalue weighted by Crippen LogP contribution is -2.35. The summed E-state index contributed by atoms with van der Waals surface area (Å²) in [5.41, 5.74) is 1.92. The predicted octanol–water partition coefficient (Wildman–Crippen LogP) is 1.99. The Labute approximate surface area is 125 Å². The normalized spacial score (nSPS) is 11.7. The standard InChI is InChI=1S/C15H23N5O/c1-11-6-7-13(12(18-11)8-16-15(2,3)4)21-9-14-19-17-10-20(14)5/h6-7,10,16H,8-9H2,1-5H3. The van der Waals surface area contributed by atoms with Crippen LogP contribution in [-0.2, 0) is 20.2 Å². The zero-order valence-corrected chi connectivity index (χ0v) is 13.3. The minimum atomic E-state index is 0.0340. The Balaban J connectivity index is 2.09. The lowest BCUT2D eigenvalue weighted by Gasteiger charge is -2.21. The fourth-order valence-corrected chi connectivity index (χ4v) is 1.78. The van der Waals surface area contributed by atoms with E-state index in [0.29, 0.717) is 13.2 Å². The van der Waals surface area contributed by atoms with Crippen molar-refractivity contribution in [2.45, 2.75) is 46.4 Å². The Morgan fingerprint density at radius 2 is 2.05 bits per heavy atom. The molecule has 2 heterocycles. The fourth-order valence-electron chi connectivity index (χ4n) is 1.78. The van der Waals surface area contributed by atoms with Gasteiger partial charge in [-0.1, -0.05) is 0 Å². The molecular weight excluding hydrogens is 266 g/mol. The molecule has 0 unspecified atom stereocenters. The smallest absolute Gasteiger partial charge is 0.170 e. The molecule has 2 rings (SSSR count). The molecule has 114 valence electrons. The van der Waals surface area contributed by atoms with Gasteiger partial charge in [0.25, 0.3) is 0 Å². The third-order valence-corrected chi connectivity index (χ3v) is 3.02. The van der Waals surface area contributed by atoms with Crippen LogP contribution in [0.4, 0.5) is 0 Å². The molecule has 0 saturated carbocycles. The highest BCUT2D eigenvalue weighted by molar-refractivity contribution is 5.29. The molecule has 0 aliphatic carbocycles. The van der Waals surface area contributed by atoms with Crippen molar-refractivity contribution >= 4 is 0 Å². The van der Waals surface area contributed by atoms with Gasteiger partial charge in [0, 0.05) is 24.8 Å². The first-order valence-corrected chi connectivity index (χ1v) is 7.02. The third kappa shape index (κ3) is 4.53. The Kier molecular flexibility index (Phi) is 4.57. The van der Waals surface area contributed by atoms with Crippen molar-refractivity contribution in [1.82, 2.24) is 25.1 Å². The summed E-state index contributed by atoms with van der Waals surface area (Å²) in [7, 11) is 1.90. The van der Waals surface area contributed by atoms with Crippen molar-refractivity contribution in [2.75, 3.05) is 0 Å². The molecule has 0 aromatic carbocycles. The van der Waals surface area contributed by atoms with Crippen molar-refractivity contribution in [3.05, 3.63) is 35.7 Å². The van der Waals surface area contributed by atoms with E-state index in [1.807, 2.05) is 30.7 Å².